The first-order valence-corrected chi connectivity index (χ1v) is 7.53. The van der Waals surface area contributed by atoms with Gasteiger partial charge in [0.15, 0.2) is 0 Å². The second kappa shape index (κ2) is 6.29. The van der Waals surface area contributed by atoms with Crippen LogP contribution in [0.3, 0.4) is 0 Å². The highest BCUT2D eigenvalue weighted by molar-refractivity contribution is 7.89. The summed E-state index contributed by atoms with van der Waals surface area (Å²) in [6.07, 6.45) is -5.78. The van der Waals surface area contributed by atoms with Crippen molar-refractivity contribution in [3.05, 3.63) is 29.1 Å². The van der Waals surface area contributed by atoms with Crippen molar-refractivity contribution in [3.63, 3.8) is 0 Å². The van der Waals surface area contributed by atoms with Crippen LogP contribution in [0, 0.1) is 12.7 Å². The average Bonchev–Trinajstić information content (AvgIpc) is 2.28. The predicted octanol–water partition coefficient (Wildman–Crippen LogP) is 2.21. The van der Waals surface area contributed by atoms with Crippen LogP contribution in [0.2, 0.25) is 0 Å². The maximum absolute atomic E-state index is 13.6. The standard InChI is InChI=1S/C12H16F4N2O2S/c1-7-3-10(4-9(6-17)11(7)13)21(19,20)18-8(2)5-12(14,15)16/h3-4,8,18H,5-6,17H2,1-2H3. The first-order chi connectivity index (χ1) is 9.46. The van der Waals surface area contributed by atoms with Crippen LogP contribution in [0.5, 0.6) is 0 Å². The van der Waals surface area contributed by atoms with Crippen molar-refractivity contribution >= 4 is 10.0 Å². The van der Waals surface area contributed by atoms with Crippen molar-refractivity contribution in [2.45, 2.75) is 43.9 Å². The Morgan fingerprint density at radius 3 is 2.38 bits per heavy atom. The third-order valence-electron chi connectivity index (χ3n) is 2.73. The highest BCUT2D eigenvalue weighted by Crippen LogP contribution is 2.23. The molecule has 0 radical (unpaired) electrons. The molecule has 0 aliphatic rings. The second-order valence-electron chi connectivity index (χ2n) is 4.76. The lowest BCUT2D eigenvalue weighted by atomic mass is 10.1. The molecule has 1 atom stereocenters. The summed E-state index contributed by atoms with van der Waals surface area (Å²) in [5.41, 5.74) is 5.35. The van der Waals surface area contributed by atoms with E-state index in [0.29, 0.717) is 0 Å². The molecule has 0 aliphatic carbocycles. The number of benzene rings is 1. The fraction of sp³-hybridized carbons (Fsp3) is 0.500. The fourth-order valence-corrected chi connectivity index (χ4v) is 3.21. The van der Waals surface area contributed by atoms with Gasteiger partial charge in [0.05, 0.1) is 11.3 Å². The Hall–Kier alpha value is -1.19. The molecule has 120 valence electrons. The summed E-state index contributed by atoms with van der Waals surface area (Å²) in [6, 6.07) is 0.740. The smallest absolute Gasteiger partial charge is 0.326 e. The van der Waals surface area contributed by atoms with E-state index in [1.807, 2.05) is 4.72 Å². The summed E-state index contributed by atoms with van der Waals surface area (Å²) < 4.78 is 76.2. The van der Waals surface area contributed by atoms with Gasteiger partial charge >= 0.3 is 6.18 Å². The monoisotopic (exact) mass is 328 g/mol. The highest BCUT2D eigenvalue weighted by Gasteiger charge is 2.32. The number of nitrogens with two attached hydrogens (primary N) is 1. The summed E-state index contributed by atoms with van der Waals surface area (Å²) in [4.78, 5) is -0.309. The largest absolute Gasteiger partial charge is 0.390 e. The molecule has 0 amide bonds. The molecular weight excluding hydrogens is 312 g/mol. The molecule has 0 heterocycles. The zero-order valence-electron chi connectivity index (χ0n) is 11.5. The van der Waals surface area contributed by atoms with Crippen molar-refractivity contribution in [1.29, 1.82) is 0 Å². The van der Waals surface area contributed by atoms with Crippen molar-refractivity contribution in [2.75, 3.05) is 0 Å². The summed E-state index contributed by atoms with van der Waals surface area (Å²) in [5.74, 6) is -0.625. The van der Waals surface area contributed by atoms with Crippen LogP contribution in [0.25, 0.3) is 0 Å². The number of rotatable bonds is 5. The van der Waals surface area contributed by atoms with Crippen LogP contribution in [-0.2, 0) is 16.6 Å². The molecule has 1 unspecified atom stereocenters. The van der Waals surface area contributed by atoms with Gasteiger partial charge in [-0.2, -0.15) is 13.2 Å². The summed E-state index contributed by atoms with van der Waals surface area (Å²) in [5, 5.41) is 0. The van der Waals surface area contributed by atoms with E-state index >= 15 is 0 Å². The number of sulfonamides is 1. The van der Waals surface area contributed by atoms with E-state index in [2.05, 4.69) is 0 Å². The number of hydrogen-bond acceptors (Lipinski definition) is 3. The minimum atomic E-state index is -4.48. The van der Waals surface area contributed by atoms with Crippen LogP contribution in [-0.4, -0.2) is 20.6 Å². The minimum absolute atomic E-state index is 0.0150. The lowest BCUT2D eigenvalue weighted by Gasteiger charge is -2.17. The van der Waals surface area contributed by atoms with Crippen LogP contribution in [0.1, 0.15) is 24.5 Å². The molecule has 4 nitrogen and oxygen atoms in total. The minimum Gasteiger partial charge on any atom is -0.326 e. The third kappa shape index (κ3) is 4.94. The summed E-state index contributed by atoms with van der Waals surface area (Å²) >= 11 is 0. The molecule has 0 saturated carbocycles. The first kappa shape index (κ1) is 17.9. The highest BCUT2D eigenvalue weighted by atomic mass is 32.2. The maximum atomic E-state index is 13.6. The quantitative estimate of drug-likeness (QED) is 0.814. The zero-order chi connectivity index (χ0) is 16.4. The van der Waals surface area contributed by atoms with Gasteiger partial charge in [-0.3, -0.25) is 0 Å². The molecule has 0 aromatic heterocycles. The average molecular weight is 328 g/mol. The molecule has 0 bridgehead atoms. The molecular formula is C12H16F4N2O2S. The van der Waals surface area contributed by atoms with Gasteiger partial charge in [-0.05, 0) is 31.5 Å². The predicted molar refractivity (Wildman–Crippen MR) is 69.5 cm³/mol. The normalized spacial score (nSPS) is 14.2. The summed E-state index contributed by atoms with van der Waals surface area (Å²) in [6.45, 7) is 2.24. The van der Waals surface area contributed by atoms with Crippen LogP contribution >= 0.6 is 0 Å². The van der Waals surface area contributed by atoms with Crippen LogP contribution in [0.15, 0.2) is 17.0 Å². The molecule has 9 heteroatoms. The van der Waals surface area contributed by atoms with Gasteiger partial charge in [0.1, 0.15) is 5.82 Å². The third-order valence-corrected chi connectivity index (χ3v) is 4.30. The number of nitrogens with one attached hydrogen (secondary N) is 1. The van der Waals surface area contributed by atoms with Gasteiger partial charge < -0.3 is 5.73 Å². The SMILES string of the molecule is Cc1cc(S(=O)(=O)NC(C)CC(F)(F)F)cc(CN)c1F. The molecule has 0 aliphatic heterocycles. The van der Waals surface area contributed by atoms with Crippen LogP contribution < -0.4 is 10.5 Å². The molecule has 1 aromatic carbocycles. The molecule has 0 fully saturated rings. The van der Waals surface area contributed by atoms with E-state index in [0.717, 1.165) is 19.1 Å². The van der Waals surface area contributed by atoms with Crippen molar-refractivity contribution in [2.24, 2.45) is 5.73 Å². The lowest BCUT2D eigenvalue weighted by Crippen LogP contribution is -2.36. The number of halogens is 4. The van der Waals surface area contributed by atoms with Gasteiger partial charge in [0, 0.05) is 18.2 Å². The van der Waals surface area contributed by atoms with Gasteiger partial charge in [-0.1, -0.05) is 0 Å². The van der Waals surface area contributed by atoms with E-state index in [4.69, 9.17) is 5.73 Å². The molecule has 1 aromatic rings. The van der Waals surface area contributed by atoms with Crippen LogP contribution in [0.4, 0.5) is 17.6 Å². The first-order valence-electron chi connectivity index (χ1n) is 6.04. The Labute approximate surface area is 120 Å². The lowest BCUT2D eigenvalue weighted by molar-refractivity contribution is -0.137. The van der Waals surface area contributed by atoms with E-state index in [1.165, 1.54) is 6.92 Å². The van der Waals surface area contributed by atoms with E-state index in [9.17, 15) is 26.0 Å². The van der Waals surface area contributed by atoms with Gasteiger partial charge in [0.2, 0.25) is 10.0 Å². The summed E-state index contributed by atoms with van der Waals surface area (Å²) in [7, 11) is -4.18. The van der Waals surface area contributed by atoms with Crippen molar-refractivity contribution in [3.8, 4) is 0 Å². The Kier molecular flexibility index (Phi) is 5.35. The second-order valence-corrected chi connectivity index (χ2v) is 6.47. The molecule has 21 heavy (non-hydrogen) atoms. The Morgan fingerprint density at radius 1 is 1.33 bits per heavy atom. The molecule has 0 saturated heterocycles. The Bertz CT molecular complexity index is 614. The molecule has 3 N–H and O–H groups in total. The van der Waals surface area contributed by atoms with Gasteiger partial charge in [-0.15, -0.1) is 0 Å². The van der Waals surface area contributed by atoms with E-state index in [-0.39, 0.29) is 22.6 Å². The Morgan fingerprint density at radius 2 is 1.90 bits per heavy atom. The van der Waals surface area contributed by atoms with Gasteiger partial charge in [0.25, 0.3) is 0 Å². The van der Waals surface area contributed by atoms with E-state index < -0.39 is 34.5 Å². The fourth-order valence-electron chi connectivity index (χ4n) is 1.83. The molecule has 1 rings (SSSR count). The van der Waals surface area contributed by atoms with Crippen molar-refractivity contribution in [1.82, 2.24) is 4.72 Å². The Balaban J connectivity index is 3.06. The number of hydrogen-bond donors (Lipinski definition) is 2. The van der Waals surface area contributed by atoms with Crippen molar-refractivity contribution < 1.29 is 26.0 Å². The maximum Gasteiger partial charge on any atom is 0.390 e. The van der Waals surface area contributed by atoms with E-state index in [1.54, 1.807) is 0 Å². The van der Waals surface area contributed by atoms with Gasteiger partial charge in [-0.25, -0.2) is 17.5 Å². The number of alkyl halides is 3. The number of aryl methyl sites for hydroxylation is 1. The zero-order valence-corrected chi connectivity index (χ0v) is 12.3. The topological polar surface area (TPSA) is 72.2 Å². The molecule has 0 spiro atoms.